The van der Waals surface area contributed by atoms with E-state index in [1.54, 1.807) is 0 Å². The number of alkyl halides is 3. The number of likely N-dealkylation sites (tertiary alicyclic amines) is 1. The molecule has 0 saturated carbocycles. The molecule has 1 aromatic carbocycles. The molecule has 0 radical (unpaired) electrons. The maximum absolute atomic E-state index is 12.2. The molecule has 2 rings (SSSR count). The van der Waals surface area contributed by atoms with Crippen LogP contribution in [0.3, 0.4) is 0 Å². The number of halogens is 3. The largest absolute Gasteiger partial charge is 0.573 e. The molecule has 1 aliphatic heterocycles. The van der Waals surface area contributed by atoms with Gasteiger partial charge >= 0.3 is 6.36 Å². The van der Waals surface area contributed by atoms with Gasteiger partial charge in [-0.1, -0.05) is 6.92 Å². The van der Waals surface area contributed by atoms with Crippen molar-refractivity contribution < 1.29 is 22.6 Å². The van der Waals surface area contributed by atoms with Gasteiger partial charge in [-0.15, -0.1) is 13.2 Å². The van der Waals surface area contributed by atoms with E-state index in [1.165, 1.54) is 24.3 Å². The molecular formula is C18H26F3NO2. The molecule has 1 aliphatic rings. The molecule has 0 spiro atoms. The number of hydrogen-bond donors (Lipinski definition) is 0. The molecule has 136 valence electrons. The number of hydrogen-bond acceptors (Lipinski definition) is 3. The van der Waals surface area contributed by atoms with Gasteiger partial charge in [0.15, 0.2) is 0 Å². The summed E-state index contributed by atoms with van der Waals surface area (Å²) in [5.74, 6) is 0.345. The van der Waals surface area contributed by atoms with Crippen molar-refractivity contribution in [2.24, 2.45) is 0 Å². The summed E-state index contributed by atoms with van der Waals surface area (Å²) in [6.45, 7) is 9.79. The van der Waals surface area contributed by atoms with Crippen LogP contribution in [0.15, 0.2) is 24.3 Å². The fourth-order valence-electron chi connectivity index (χ4n) is 3.30. The van der Waals surface area contributed by atoms with E-state index in [-0.39, 0.29) is 17.4 Å². The van der Waals surface area contributed by atoms with Gasteiger partial charge in [0.05, 0.1) is 0 Å². The fourth-order valence-corrected chi connectivity index (χ4v) is 3.30. The number of piperidine rings is 1. The van der Waals surface area contributed by atoms with Gasteiger partial charge in [-0.3, -0.25) is 4.90 Å². The van der Waals surface area contributed by atoms with E-state index in [4.69, 9.17) is 4.74 Å². The number of ether oxygens (including phenoxy) is 2. The standard InChI is InChI=1S/C18H26F3NO2/c1-5-13-12-16(10-11-22(13)17(2,3)4)23-14-6-8-15(9-7-14)24-18(19,20)21/h6-9,13,16H,5,10-12H2,1-4H3/t13-,16-/m1/s1. The maximum atomic E-state index is 12.2. The van der Waals surface area contributed by atoms with Gasteiger partial charge < -0.3 is 9.47 Å². The van der Waals surface area contributed by atoms with Crippen LogP contribution in [-0.2, 0) is 0 Å². The van der Waals surface area contributed by atoms with E-state index < -0.39 is 6.36 Å². The SMILES string of the molecule is CC[C@@H]1C[C@H](Oc2ccc(OC(F)(F)F)cc2)CCN1C(C)(C)C. The van der Waals surface area contributed by atoms with E-state index in [0.29, 0.717) is 11.8 Å². The molecule has 2 atom stereocenters. The summed E-state index contributed by atoms with van der Waals surface area (Å²) in [5, 5.41) is 0. The van der Waals surface area contributed by atoms with Crippen molar-refractivity contribution in [2.45, 2.75) is 71.0 Å². The van der Waals surface area contributed by atoms with E-state index in [9.17, 15) is 13.2 Å². The molecule has 0 unspecified atom stereocenters. The molecule has 0 N–H and O–H groups in total. The first-order valence-corrected chi connectivity index (χ1v) is 8.37. The smallest absolute Gasteiger partial charge is 0.490 e. The molecule has 24 heavy (non-hydrogen) atoms. The lowest BCUT2D eigenvalue weighted by molar-refractivity contribution is -0.274. The zero-order chi connectivity index (χ0) is 18.0. The zero-order valence-electron chi connectivity index (χ0n) is 14.7. The van der Waals surface area contributed by atoms with Crippen LogP contribution in [0.25, 0.3) is 0 Å². The molecule has 1 aromatic rings. The number of rotatable bonds is 4. The van der Waals surface area contributed by atoms with Gasteiger partial charge in [0, 0.05) is 18.1 Å². The average Bonchev–Trinajstić information content (AvgIpc) is 2.46. The van der Waals surface area contributed by atoms with Crippen LogP contribution >= 0.6 is 0 Å². The molecule has 3 nitrogen and oxygen atoms in total. The van der Waals surface area contributed by atoms with Gasteiger partial charge in [-0.25, -0.2) is 0 Å². The van der Waals surface area contributed by atoms with Gasteiger partial charge in [-0.05, 0) is 64.3 Å². The lowest BCUT2D eigenvalue weighted by atomic mass is 9.91. The third-order valence-corrected chi connectivity index (χ3v) is 4.36. The predicted octanol–water partition coefficient (Wildman–Crippen LogP) is 5.01. The Balaban J connectivity index is 1.95. The van der Waals surface area contributed by atoms with Gasteiger partial charge in [0.25, 0.3) is 0 Å². The van der Waals surface area contributed by atoms with E-state index in [0.717, 1.165) is 25.8 Å². The summed E-state index contributed by atoms with van der Waals surface area (Å²) in [5.41, 5.74) is 0.127. The molecule has 1 fully saturated rings. The van der Waals surface area contributed by atoms with Gasteiger partial charge in [-0.2, -0.15) is 0 Å². The monoisotopic (exact) mass is 345 g/mol. The number of nitrogens with zero attached hydrogens (tertiary/aromatic N) is 1. The van der Waals surface area contributed by atoms with Crippen molar-refractivity contribution >= 4 is 0 Å². The Morgan fingerprint density at radius 1 is 1.08 bits per heavy atom. The zero-order valence-corrected chi connectivity index (χ0v) is 14.7. The van der Waals surface area contributed by atoms with Crippen molar-refractivity contribution in [3.63, 3.8) is 0 Å². The Labute approximate surface area is 141 Å². The minimum absolute atomic E-state index is 0.0861. The molecule has 1 heterocycles. The van der Waals surface area contributed by atoms with Crippen molar-refractivity contribution in [3.8, 4) is 11.5 Å². The lowest BCUT2D eigenvalue weighted by Gasteiger charge is -2.46. The highest BCUT2D eigenvalue weighted by Crippen LogP contribution is 2.31. The molecule has 0 aromatic heterocycles. The van der Waals surface area contributed by atoms with Crippen LogP contribution in [-0.4, -0.2) is 35.5 Å². The van der Waals surface area contributed by atoms with Gasteiger partial charge in [0.1, 0.15) is 17.6 Å². The summed E-state index contributed by atoms with van der Waals surface area (Å²) in [6, 6.07) is 6.07. The summed E-state index contributed by atoms with van der Waals surface area (Å²) < 4.78 is 46.4. The molecule has 0 amide bonds. The first-order chi connectivity index (χ1) is 11.1. The van der Waals surface area contributed by atoms with Crippen LogP contribution in [0, 0.1) is 0 Å². The second-order valence-electron chi connectivity index (χ2n) is 7.21. The molecular weight excluding hydrogens is 319 g/mol. The highest BCUT2D eigenvalue weighted by Gasteiger charge is 2.34. The van der Waals surface area contributed by atoms with Crippen molar-refractivity contribution in [3.05, 3.63) is 24.3 Å². The summed E-state index contributed by atoms with van der Waals surface area (Å²) in [6.07, 6.45) is -1.70. The van der Waals surface area contributed by atoms with Crippen LogP contribution in [0.2, 0.25) is 0 Å². The summed E-state index contributed by atoms with van der Waals surface area (Å²) in [4.78, 5) is 2.51. The third kappa shape index (κ3) is 5.30. The maximum Gasteiger partial charge on any atom is 0.573 e. The Morgan fingerprint density at radius 2 is 1.67 bits per heavy atom. The lowest BCUT2D eigenvalue weighted by Crippen LogP contribution is -2.53. The van der Waals surface area contributed by atoms with E-state index in [2.05, 4.69) is 37.3 Å². The molecule has 1 saturated heterocycles. The number of benzene rings is 1. The Hall–Kier alpha value is -1.43. The quantitative estimate of drug-likeness (QED) is 0.766. The Kier molecular flexibility index (Phi) is 5.68. The predicted molar refractivity (Wildman–Crippen MR) is 87.3 cm³/mol. The second kappa shape index (κ2) is 7.21. The molecule has 6 heteroatoms. The van der Waals surface area contributed by atoms with Crippen molar-refractivity contribution in [1.82, 2.24) is 4.90 Å². The summed E-state index contributed by atoms with van der Waals surface area (Å²) >= 11 is 0. The third-order valence-electron chi connectivity index (χ3n) is 4.36. The molecule has 0 bridgehead atoms. The Bertz CT molecular complexity index is 523. The van der Waals surface area contributed by atoms with Crippen LogP contribution in [0.5, 0.6) is 11.5 Å². The Morgan fingerprint density at radius 3 is 2.17 bits per heavy atom. The average molecular weight is 345 g/mol. The second-order valence-corrected chi connectivity index (χ2v) is 7.21. The van der Waals surface area contributed by atoms with E-state index >= 15 is 0 Å². The fraction of sp³-hybridized carbons (Fsp3) is 0.667. The van der Waals surface area contributed by atoms with Crippen molar-refractivity contribution in [2.75, 3.05) is 6.54 Å². The topological polar surface area (TPSA) is 21.7 Å². The van der Waals surface area contributed by atoms with Gasteiger partial charge in [0.2, 0.25) is 0 Å². The van der Waals surface area contributed by atoms with Crippen LogP contribution in [0.1, 0.15) is 47.0 Å². The van der Waals surface area contributed by atoms with Crippen LogP contribution in [0.4, 0.5) is 13.2 Å². The normalized spacial score (nSPS) is 23.1. The first kappa shape index (κ1) is 18.9. The minimum atomic E-state index is -4.67. The molecule has 0 aliphatic carbocycles. The highest BCUT2D eigenvalue weighted by atomic mass is 19.4. The first-order valence-electron chi connectivity index (χ1n) is 8.37. The minimum Gasteiger partial charge on any atom is -0.490 e. The summed E-state index contributed by atoms with van der Waals surface area (Å²) in [7, 11) is 0. The highest BCUT2D eigenvalue weighted by molar-refractivity contribution is 5.31. The van der Waals surface area contributed by atoms with E-state index in [1.807, 2.05) is 0 Å². The van der Waals surface area contributed by atoms with Crippen LogP contribution < -0.4 is 9.47 Å². The van der Waals surface area contributed by atoms with Crippen molar-refractivity contribution in [1.29, 1.82) is 0 Å².